The molecule has 6 heteroatoms. The SMILES string of the molecule is N#Cc1ccc(-c2n[nH]nc2C(N)=O)cc1. The number of nitriles is 1. The molecule has 78 valence electrons. The van der Waals surface area contributed by atoms with E-state index in [1.807, 2.05) is 6.07 Å². The number of amides is 1. The third kappa shape index (κ3) is 1.62. The molecule has 0 aliphatic heterocycles. The fourth-order valence-corrected chi connectivity index (χ4v) is 1.31. The van der Waals surface area contributed by atoms with Gasteiger partial charge < -0.3 is 5.73 Å². The molecule has 0 unspecified atom stereocenters. The molecular formula is C10H7N5O. The monoisotopic (exact) mass is 213 g/mol. The van der Waals surface area contributed by atoms with Gasteiger partial charge in [-0.2, -0.15) is 20.7 Å². The van der Waals surface area contributed by atoms with E-state index >= 15 is 0 Å². The highest BCUT2D eigenvalue weighted by Gasteiger charge is 2.14. The van der Waals surface area contributed by atoms with Crippen molar-refractivity contribution in [1.29, 1.82) is 5.26 Å². The van der Waals surface area contributed by atoms with E-state index in [1.165, 1.54) is 0 Å². The van der Waals surface area contributed by atoms with Crippen molar-refractivity contribution in [3.63, 3.8) is 0 Å². The quantitative estimate of drug-likeness (QED) is 0.754. The molecule has 0 bridgehead atoms. The Hall–Kier alpha value is -2.68. The van der Waals surface area contributed by atoms with Crippen LogP contribution in [0.2, 0.25) is 0 Å². The van der Waals surface area contributed by atoms with Crippen molar-refractivity contribution in [3.8, 4) is 17.3 Å². The molecule has 0 fully saturated rings. The van der Waals surface area contributed by atoms with Crippen LogP contribution in [0.5, 0.6) is 0 Å². The fraction of sp³-hybridized carbons (Fsp3) is 0. The van der Waals surface area contributed by atoms with Gasteiger partial charge in [0.05, 0.1) is 11.6 Å². The summed E-state index contributed by atoms with van der Waals surface area (Å²) in [5.41, 5.74) is 6.83. The van der Waals surface area contributed by atoms with Gasteiger partial charge in [0, 0.05) is 5.56 Å². The summed E-state index contributed by atoms with van der Waals surface area (Å²) in [6.07, 6.45) is 0. The van der Waals surface area contributed by atoms with Crippen LogP contribution in [0.25, 0.3) is 11.3 Å². The predicted molar refractivity (Wildman–Crippen MR) is 55.1 cm³/mol. The summed E-state index contributed by atoms with van der Waals surface area (Å²) in [4.78, 5) is 11.0. The number of carbonyl (C=O) groups excluding carboxylic acids is 1. The van der Waals surface area contributed by atoms with E-state index in [2.05, 4.69) is 15.4 Å². The maximum absolute atomic E-state index is 11.0. The number of nitrogens with one attached hydrogen (secondary N) is 1. The smallest absolute Gasteiger partial charge is 0.271 e. The third-order valence-electron chi connectivity index (χ3n) is 2.07. The first-order valence-electron chi connectivity index (χ1n) is 4.43. The predicted octanol–water partition coefficient (Wildman–Crippen LogP) is 0.442. The summed E-state index contributed by atoms with van der Waals surface area (Å²) in [5.74, 6) is -0.645. The topological polar surface area (TPSA) is 108 Å². The standard InChI is InChI=1S/C10H7N5O/c11-5-6-1-3-7(4-2-6)8-9(10(12)16)14-15-13-8/h1-4H,(H2,12,16)(H,13,14,15). The molecule has 0 saturated carbocycles. The summed E-state index contributed by atoms with van der Waals surface area (Å²) in [6, 6.07) is 8.64. The zero-order chi connectivity index (χ0) is 11.5. The lowest BCUT2D eigenvalue weighted by molar-refractivity contribution is 0.0996. The molecule has 16 heavy (non-hydrogen) atoms. The van der Waals surface area contributed by atoms with Crippen molar-refractivity contribution in [3.05, 3.63) is 35.5 Å². The van der Waals surface area contributed by atoms with Gasteiger partial charge >= 0.3 is 0 Å². The second-order valence-electron chi connectivity index (χ2n) is 3.07. The lowest BCUT2D eigenvalue weighted by Gasteiger charge is -1.97. The van der Waals surface area contributed by atoms with Gasteiger partial charge in [0.2, 0.25) is 0 Å². The average Bonchev–Trinajstić information content (AvgIpc) is 2.78. The number of carbonyl (C=O) groups is 1. The van der Waals surface area contributed by atoms with Crippen LogP contribution < -0.4 is 5.73 Å². The summed E-state index contributed by atoms with van der Waals surface area (Å²) in [5, 5.41) is 18.5. The van der Waals surface area contributed by atoms with Gasteiger partial charge in [-0.25, -0.2) is 0 Å². The molecule has 2 rings (SSSR count). The minimum atomic E-state index is -0.645. The Kier molecular flexibility index (Phi) is 2.36. The van der Waals surface area contributed by atoms with Gasteiger partial charge in [0.1, 0.15) is 5.69 Å². The molecule has 6 nitrogen and oxygen atoms in total. The van der Waals surface area contributed by atoms with E-state index in [0.29, 0.717) is 16.8 Å². The molecule has 0 spiro atoms. The Labute approximate surface area is 90.7 Å². The van der Waals surface area contributed by atoms with Gasteiger partial charge in [0.25, 0.3) is 5.91 Å². The van der Waals surface area contributed by atoms with Gasteiger partial charge in [-0.1, -0.05) is 12.1 Å². The number of hydrogen-bond acceptors (Lipinski definition) is 4. The number of benzene rings is 1. The summed E-state index contributed by atoms with van der Waals surface area (Å²) < 4.78 is 0. The molecule has 0 aliphatic rings. The number of hydrogen-bond donors (Lipinski definition) is 2. The maximum atomic E-state index is 11.0. The second-order valence-corrected chi connectivity index (χ2v) is 3.07. The number of primary amides is 1. The largest absolute Gasteiger partial charge is 0.364 e. The Bertz CT molecular complexity index is 564. The van der Waals surface area contributed by atoms with E-state index in [4.69, 9.17) is 11.0 Å². The number of nitrogens with zero attached hydrogens (tertiary/aromatic N) is 3. The van der Waals surface area contributed by atoms with E-state index < -0.39 is 5.91 Å². The third-order valence-corrected chi connectivity index (χ3v) is 2.07. The van der Waals surface area contributed by atoms with Gasteiger partial charge in [-0.3, -0.25) is 4.79 Å². The van der Waals surface area contributed by atoms with Crippen LogP contribution in [0.3, 0.4) is 0 Å². The Morgan fingerprint density at radius 1 is 1.31 bits per heavy atom. The van der Waals surface area contributed by atoms with Gasteiger partial charge in [-0.05, 0) is 12.1 Å². The van der Waals surface area contributed by atoms with Crippen LogP contribution in [-0.2, 0) is 0 Å². The van der Waals surface area contributed by atoms with Gasteiger partial charge in [0.15, 0.2) is 5.69 Å². The van der Waals surface area contributed by atoms with Crippen molar-refractivity contribution >= 4 is 5.91 Å². The molecule has 0 aliphatic carbocycles. The Morgan fingerprint density at radius 2 is 2.00 bits per heavy atom. The molecule has 0 saturated heterocycles. The maximum Gasteiger partial charge on any atom is 0.271 e. The first-order valence-corrected chi connectivity index (χ1v) is 4.43. The van der Waals surface area contributed by atoms with Crippen LogP contribution in [0.1, 0.15) is 16.1 Å². The van der Waals surface area contributed by atoms with E-state index in [0.717, 1.165) is 0 Å². The van der Waals surface area contributed by atoms with Crippen LogP contribution in [0.15, 0.2) is 24.3 Å². The zero-order valence-electron chi connectivity index (χ0n) is 8.14. The summed E-state index contributed by atoms with van der Waals surface area (Å²) in [6.45, 7) is 0. The highest BCUT2D eigenvalue weighted by molar-refractivity contribution is 5.96. The van der Waals surface area contributed by atoms with E-state index in [1.54, 1.807) is 24.3 Å². The lowest BCUT2D eigenvalue weighted by Crippen LogP contribution is -2.12. The second kappa shape index (κ2) is 3.82. The number of rotatable bonds is 2. The van der Waals surface area contributed by atoms with E-state index in [-0.39, 0.29) is 5.69 Å². The van der Waals surface area contributed by atoms with Crippen LogP contribution >= 0.6 is 0 Å². The fourth-order valence-electron chi connectivity index (χ4n) is 1.31. The minimum absolute atomic E-state index is 0.0877. The highest BCUT2D eigenvalue weighted by Crippen LogP contribution is 2.19. The van der Waals surface area contributed by atoms with E-state index in [9.17, 15) is 4.79 Å². The molecule has 1 aromatic carbocycles. The normalized spacial score (nSPS) is 9.69. The van der Waals surface area contributed by atoms with Crippen molar-refractivity contribution in [1.82, 2.24) is 15.4 Å². The summed E-state index contributed by atoms with van der Waals surface area (Å²) in [7, 11) is 0. The minimum Gasteiger partial charge on any atom is -0.364 e. The van der Waals surface area contributed by atoms with Crippen molar-refractivity contribution in [2.45, 2.75) is 0 Å². The molecule has 1 aromatic heterocycles. The Balaban J connectivity index is 2.47. The highest BCUT2D eigenvalue weighted by atomic mass is 16.1. The number of aromatic amines is 1. The molecule has 0 atom stereocenters. The van der Waals surface area contributed by atoms with Crippen molar-refractivity contribution in [2.75, 3.05) is 0 Å². The van der Waals surface area contributed by atoms with Crippen molar-refractivity contribution < 1.29 is 4.79 Å². The van der Waals surface area contributed by atoms with Crippen LogP contribution in [0.4, 0.5) is 0 Å². The van der Waals surface area contributed by atoms with Crippen LogP contribution in [-0.4, -0.2) is 21.3 Å². The number of H-pyrrole nitrogens is 1. The zero-order valence-corrected chi connectivity index (χ0v) is 8.14. The van der Waals surface area contributed by atoms with Crippen LogP contribution in [0, 0.1) is 11.3 Å². The summed E-state index contributed by atoms with van der Waals surface area (Å²) >= 11 is 0. The number of aromatic nitrogens is 3. The first kappa shape index (κ1) is 9.86. The average molecular weight is 213 g/mol. The molecule has 1 heterocycles. The molecule has 2 aromatic rings. The molecule has 3 N–H and O–H groups in total. The Morgan fingerprint density at radius 3 is 2.56 bits per heavy atom. The lowest BCUT2D eigenvalue weighted by atomic mass is 10.1. The van der Waals surface area contributed by atoms with Crippen molar-refractivity contribution in [2.24, 2.45) is 5.73 Å². The molecular weight excluding hydrogens is 206 g/mol. The number of nitrogens with two attached hydrogens (primary N) is 1. The molecule has 1 amide bonds. The first-order chi connectivity index (χ1) is 7.72. The molecule has 0 radical (unpaired) electrons. The van der Waals surface area contributed by atoms with Gasteiger partial charge in [-0.15, -0.1) is 0 Å².